The van der Waals surface area contributed by atoms with Crippen LogP contribution in [-0.2, 0) is 13.5 Å². The molecule has 1 heterocycles. The molecule has 20 heavy (non-hydrogen) atoms. The van der Waals surface area contributed by atoms with Crippen molar-refractivity contribution in [1.29, 1.82) is 0 Å². The van der Waals surface area contributed by atoms with E-state index in [-0.39, 0.29) is 11.9 Å². The van der Waals surface area contributed by atoms with Gasteiger partial charge in [-0.15, -0.1) is 0 Å². The van der Waals surface area contributed by atoms with E-state index >= 15 is 0 Å². The lowest BCUT2D eigenvalue weighted by Crippen LogP contribution is -2.31. The quantitative estimate of drug-likeness (QED) is 0.673. The number of benzene rings is 1. The SMILES string of the molecule is Cc1ccc(F)c(C(Cc2c(Cl)c(C)nn2C)NN)c1. The van der Waals surface area contributed by atoms with Gasteiger partial charge in [0, 0.05) is 19.0 Å². The van der Waals surface area contributed by atoms with Crippen LogP contribution in [0.4, 0.5) is 4.39 Å². The van der Waals surface area contributed by atoms with Gasteiger partial charge in [-0.05, 0) is 19.9 Å². The fourth-order valence-electron chi connectivity index (χ4n) is 2.28. The lowest BCUT2D eigenvalue weighted by atomic mass is 10.00. The number of nitrogens with one attached hydrogen (secondary N) is 1. The number of nitrogens with two attached hydrogens (primary N) is 1. The number of rotatable bonds is 4. The molecule has 0 saturated heterocycles. The largest absolute Gasteiger partial charge is 0.271 e. The van der Waals surface area contributed by atoms with Crippen LogP contribution in [0.5, 0.6) is 0 Å². The van der Waals surface area contributed by atoms with E-state index in [0.717, 1.165) is 17.0 Å². The van der Waals surface area contributed by atoms with Crippen LogP contribution in [0.3, 0.4) is 0 Å². The lowest BCUT2D eigenvalue weighted by Gasteiger charge is -2.18. The van der Waals surface area contributed by atoms with Gasteiger partial charge >= 0.3 is 0 Å². The highest BCUT2D eigenvalue weighted by molar-refractivity contribution is 6.31. The number of hydrazine groups is 1. The number of hydrogen-bond donors (Lipinski definition) is 2. The molecule has 4 nitrogen and oxygen atoms in total. The molecule has 0 saturated carbocycles. The Kier molecular flexibility index (Phi) is 4.42. The Bertz CT molecular complexity index is 624. The Balaban J connectivity index is 2.36. The van der Waals surface area contributed by atoms with Crippen molar-refractivity contribution < 1.29 is 4.39 Å². The van der Waals surface area contributed by atoms with Gasteiger partial charge in [-0.25, -0.2) is 4.39 Å². The van der Waals surface area contributed by atoms with Gasteiger partial charge in [0.2, 0.25) is 0 Å². The van der Waals surface area contributed by atoms with Crippen LogP contribution in [0.2, 0.25) is 5.02 Å². The standard InChI is InChI=1S/C14H18ClFN4/c1-8-4-5-11(16)10(6-8)12(18-17)7-13-14(15)9(2)19-20(13)3/h4-6,12,18H,7,17H2,1-3H3. The average molecular weight is 297 g/mol. The highest BCUT2D eigenvalue weighted by atomic mass is 35.5. The smallest absolute Gasteiger partial charge is 0.128 e. The first-order chi connectivity index (χ1) is 9.43. The van der Waals surface area contributed by atoms with Crippen LogP contribution in [-0.4, -0.2) is 9.78 Å². The van der Waals surface area contributed by atoms with E-state index in [9.17, 15) is 4.39 Å². The van der Waals surface area contributed by atoms with Gasteiger partial charge < -0.3 is 0 Å². The van der Waals surface area contributed by atoms with Crippen molar-refractivity contribution in [1.82, 2.24) is 15.2 Å². The third kappa shape index (κ3) is 2.85. The number of aryl methyl sites for hydroxylation is 3. The second kappa shape index (κ2) is 5.91. The van der Waals surface area contributed by atoms with Crippen molar-refractivity contribution in [2.24, 2.45) is 12.9 Å². The van der Waals surface area contributed by atoms with E-state index in [1.165, 1.54) is 6.07 Å². The summed E-state index contributed by atoms with van der Waals surface area (Å²) >= 11 is 6.23. The third-order valence-corrected chi connectivity index (χ3v) is 3.88. The second-order valence-electron chi connectivity index (χ2n) is 4.92. The average Bonchev–Trinajstić information content (AvgIpc) is 2.65. The van der Waals surface area contributed by atoms with Crippen molar-refractivity contribution in [3.8, 4) is 0 Å². The van der Waals surface area contributed by atoms with Crippen molar-refractivity contribution in [2.45, 2.75) is 26.3 Å². The minimum absolute atomic E-state index is 0.284. The normalized spacial score (nSPS) is 12.7. The van der Waals surface area contributed by atoms with Gasteiger partial charge in [0.1, 0.15) is 5.82 Å². The molecule has 1 atom stereocenters. The minimum Gasteiger partial charge on any atom is -0.271 e. The van der Waals surface area contributed by atoms with E-state index in [0.29, 0.717) is 17.0 Å². The van der Waals surface area contributed by atoms with Gasteiger partial charge in [0.05, 0.1) is 22.5 Å². The van der Waals surface area contributed by atoms with Gasteiger partial charge in [-0.2, -0.15) is 5.10 Å². The number of aromatic nitrogens is 2. The predicted molar refractivity (Wildman–Crippen MR) is 77.9 cm³/mol. The molecule has 3 N–H and O–H groups in total. The fourth-order valence-corrected chi connectivity index (χ4v) is 2.52. The summed E-state index contributed by atoms with van der Waals surface area (Å²) in [6.07, 6.45) is 0.465. The van der Waals surface area contributed by atoms with Crippen LogP contribution in [0.1, 0.15) is 28.6 Å². The zero-order valence-corrected chi connectivity index (χ0v) is 12.5. The molecule has 0 spiro atoms. The Hall–Kier alpha value is -1.43. The molecule has 1 aromatic carbocycles. The molecule has 0 fully saturated rings. The van der Waals surface area contributed by atoms with Gasteiger partial charge in [-0.1, -0.05) is 29.3 Å². The van der Waals surface area contributed by atoms with E-state index in [1.807, 2.05) is 20.9 Å². The Morgan fingerprint density at radius 3 is 2.70 bits per heavy atom. The maximum absolute atomic E-state index is 14.0. The summed E-state index contributed by atoms with van der Waals surface area (Å²) in [5.41, 5.74) is 5.75. The van der Waals surface area contributed by atoms with Gasteiger partial charge in [-0.3, -0.25) is 16.0 Å². The van der Waals surface area contributed by atoms with Gasteiger partial charge in [0.15, 0.2) is 0 Å². The topological polar surface area (TPSA) is 55.9 Å². The van der Waals surface area contributed by atoms with Crippen LogP contribution in [0.25, 0.3) is 0 Å². The summed E-state index contributed by atoms with van der Waals surface area (Å²) in [5.74, 6) is 5.31. The molecular weight excluding hydrogens is 279 g/mol. The molecule has 0 bridgehead atoms. The van der Waals surface area contributed by atoms with E-state index in [1.54, 1.807) is 16.8 Å². The Morgan fingerprint density at radius 1 is 1.45 bits per heavy atom. The van der Waals surface area contributed by atoms with E-state index in [4.69, 9.17) is 17.4 Å². The molecule has 6 heteroatoms. The molecule has 0 amide bonds. The number of hydrogen-bond acceptors (Lipinski definition) is 3. The molecule has 2 aromatic rings. The summed E-state index contributed by atoms with van der Waals surface area (Å²) in [4.78, 5) is 0. The molecule has 0 aliphatic rings. The number of halogens is 2. The van der Waals surface area contributed by atoms with Crippen molar-refractivity contribution in [3.63, 3.8) is 0 Å². The van der Waals surface area contributed by atoms with Crippen LogP contribution >= 0.6 is 11.6 Å². The summed E-state index contributed by atoms with van der Waals surface area (Å²) in [7, 11) is 1.81. The summed E-state index contributed by atoms with van der Waals surface area (Å²) < 4.78 is 15.7. The van der Waals surface area contributed by atoms with Crippen molar-refractivity contribution in [3.05, 3.63) is 51.6 Å². The van der Waals surface area contributed by atoms with Crippen LogP contribution < -0.4 is 11.3 Å². The highest BCUT2D eigenvalue weighted by Gasteiger charge is 2.20. The molecule has 1 unspecified atom stereocenters. The molecule has 1 aromatic heterocycles. The molecular formula is C14H18ClFN4. The lowest BCUT2D eigenvalue weighted by molar-refractivity contribution is 0.497. The molecule has 0 aliphatic heterocycles. The van der Waals surface area contributed by atoms with E-state index < -0.39 is 0 Å². The summed E-state index contributed by atoms with van der Waals surface area (Å²) in [6.45, 7) is 3.75. The summed E-state index contributed by atoms with van der Waals surface area (Å²) in [6, 6.07) is 4.61. The molecule has 0 radical (unpaired) electrons. The highest BCUT2D eigenvalue weighted by Crippen LogP contribution is 2.27. The number of nitrogens with zero attached hydrogens (tertiary/aromatic N) is 2. The third-order valence-electron chi connectivity index (χ3n) is 3.39. The maximum atomic E-state index is 14.0. The minimum atomic E-state index is -0.359. The maximum Gasteiger partial charge on any atom is 0.128 e. The van der Waals surface area contributed by atoms with Gasteiger partial charge in [0.25, 0.3) is 0 Å². The van der Waals surface area contributed by atoms with Crippen LogP contribution in [0, 0.1) is 19.7 Å². The predicted octanol–water partition coefficient (Wildman–Crippen LogP) is 2.58. The zero-order chi connectivity index (χ0) is 14.9. The second-order valence-corrected chi connectivity index (χ2v) is 5.30. The van der Waals surface area contributed by atoms with E-state index in [2.05, 4.69) is 10.5 Å². The summed E-state index contributed by atoms with van der Waals surface area (Å²) in [5, 5.41) is 4.85. The molecule has 108 valence electrons. The Labute approximate surface area is 122 Å². The molecule has 2 rings (SSSR count). The van der Waals surface area contributed by atoms with Crippen molar-refractivity contribution in [2.75, 3.05) is 0 Å². The fraction of sp³-hybridized carbons (Fsp3) is 0.357. The monoisotopic (exact) mass is 296 g/mol. The zero-order valence-electron chi connectivity index (χ0n) is 11.7. The first-order valence-corrected chi connectivity index (χ1v) is 6.72. The van der Waals surface area contributed by atoms with Crippen LogP contribution in [0.15, 0.2) is 18.2 Å². The Morgan fingerprint density at radius 2 is 2.15 bits per heavy atom. The first-order valence-electron chi connectivity index (χ1n) is 6.34. The van der Waals surface area contributed by atoms with Crippen molar-refractivity contribution >= 4 is 11.6 Å². The molecule has 0 aliphatic carbocycles. The first kappa shape index (κ1) is 15.0.